The lowest BCUT2D eigenvalue weighted by atomic mass is 9.83. The molecule has 0 radical (unpaired) electrons. The van der Waals surface area contributed by atoms with E-state index in [2.05, 4.69) is 71.4 Å². The highest BCUT2D eigenvalue weighted by atomic mass is 16.1. The van der Waals surface area contributed by atoms with Gasteiger partial charge in [-0.15, -0.1) is 0 Å². The standard InChI is InChI=1S/C34H39N3O/c1-24-20-21-35-33-31(24)29-14-8-9-15-30(29)37(33)23-26-16-18-28(19-17-26)32(27-12-6-7-13-27)34(38)36-22-25-10-4-2-3-5-11-25/h2-5,10,16-21,27,32H,6-9,11-15,22-23H2,1H3,(H,36,38). The van der Waals surface area contributed by atoms with Gasteiger partial charge in [0.2, 0.25) is 5.91 Å². The number of hydrogen-bond acceptors (Lipinski definition) is 2. The Hall–Kier alpha value is -3.40. The number of carbonyl (C=O) groups is 1. The van der Waals surface area contributed by atoms with E-state index in [1.807, 2.05) is 12.3 Å². The van der Waals surface area contributed by atoms with E-state index in [4.69, 9.17) is 4.98 Å². The molecule has 6 rings (SSSR count). The number of pyridine rings is 1. The van der Waals surface area contributed by atoms with Gasteiger partial charge in [0.05, 0.1) is 5.92 Å². The summed E-state index contributed by atoms with van der Waals surface area (Å²) in [4.78, 5) is 18.4. The third kappa shape index (κ3) is 5.01. The van der Waals surface area contributed by atoms with Crippen molar-refractivity contribution in [2.24, 2.45) is 5.92 Å². The van der Waals surface area contributed by atoms with Crippen LogP contribution in [-0.2, 0) is 24.2 Å². The van der Waals surface area contributed by atoms with Crippen molar-refractivity contribution in [3.63, 3.8) is 0 Å². The Kier molecular flexibility index (Phi) is 7.31. The summed E-state index contributed by atoms with van der Waals surface area (Å²) in [5.41, 5.74) is 9.12. The minimum absolute atomic E-state index is 0.0755. The Labute approximate surface area is 226 Å². The van der Waals surface area contributed by atoms with Crippen LogP contribution < -0.4 is 5.32 Å². The van der Waals surface area contributed by atoms with Crippen molar-refractivity contribution in [2.45, 2.75) is 77.2 Å². The number of aromatic nitrogens is 2. The number of nitrogens with one attached hydrogen (secondary N) is 1. The highest BCUT2D eigenvalue weighted by Crippen LogP contribution is 2.38. The average molecular weight is 506 g/mol. The Morgan fingerprint density at radius 3 is 2.68 bits per heavy atom. The van der Waals surface area contributed by atoms with Crippen LogP contribution in [0.15, 0.2) is 72.5 Å². The fourth-order valence-corrected chi connectivity index (χ4v) is 6.88. The number of allylic oxidation sites excluding steroid dienone is 5. The highest BCUT2D eigenvalue weighted by molar-refractivity contribution is 5.86. The average Bonchev–Trinajstić information content (AvgIpc) is 3.48. The minimum Gasteiger partial charge on any atom is -0.352 e. The Bertz CT molecular complexity index is 1400. The molecule has 1 N–H and O–H groups in total. The minimum atomic E-state index is -0.0755. The molecule has 1 atom stereocenters. The first-order valence-electron chi connectivity index (χ1n) is 14.5. The summed E-state index contributed by atoms with van der Waals surface area (Å²) in [6.07, 6.45) is 22.8. The van der Waals surface area contributed by atoms with Gasteiger partial charge in [0.25, 0.3) is 0 Å². The second kappa shape index (κ2) is 11.1. The summed E-state index contributed by atoms with van der Waals surface area (Å²) in [6.45, 7) is 3.66. The summed E-state index contributed by atoms with van der Waals surface area (Å²) in [6, 6.07) is 11.1. The van der Waals surface area contributed by atoms with Crippen LogP contribution in [0.1, 0.15) is 78.8 Å². The van der Waals surface area contributed by atoms with E-state index in [0.29, 0.717) is 12.5 Å². The van der Waals surface area contributed by atoms with E-state index in [1.54, 1.807) is 0 Å². The number of aryl methyl sites for hydroxylation is 2. The van der Waals surface area contributed by atoms with E-state index in [9.17, 15) is 4.79 Å². The van der Waals surface area contributed by atoms with Gasteiger partial charge in [-0.3, -0.25) is 4.79 Å². The molecule has 38 heavy (non-hydrogen) atoms. The molecule has 3 aliphatic carbocycles. The SMILES string of the molecule is Cc1ccnc2c1c1c(n2Cc2ccc(C(C(=O)NCC3=CC=CC=CC3)C3CCCC3)cc2)CCCC1. The molecule has 1 saturated carbocycles. The molecular formula is C34H39N3O. The molecule has 4 heteroatoms. The van der Waals surface area contributed by atoms with Crippen molar-refractivity contribution in [1.82, 2.24) is 14.9 Å². The van der Waals surface area contributed by atoms with Crippen LogP contribution in [0.25, 0.3) is 11.0 Å². The molecule has 3 aromatic rings. The number of benzene rings is 1. The first kappa shape index (κ1) is 24.9. The fourth-order valence-electron chi connectivity index (χ4n) is 6.88. The van der Waals surface area contributed by atoms with Gasteiger partial charge in [0, 0.05) is 30.4 Å². The number of amides is 1. The van der Waals surface area contributed by atoms with Gasteiger partial charge in [-0.25, -0.2) is 4.98 Å². The molecule has 0 aliphatic heterocycles. The lowest BCUT2D eigenvalue weighted by Gasteiger charge is -2.24. The van der Waals surface area contributed by atoms with Gasteiger partial charge < -0.3 is 9.88 Å². The predicted octanol–water partition coefficient (Wildman–Crippen LogP) is 7.10. The first-order valence-corrected chi connectivity index (χ1v) is 14.5. The number of hydrogen-bond donors (Lipinski definition) is 1. The Morgan fingerprint density at radius 2 is 1.84 bits per heavy atom. The molecule has 1 aromatic carbocycles. The Morgan fingerprint density at radius 1 is 1.03 bits per heavy atom. The molecule has 2 aromatic heterocycles. The maximum atomic E-state index is 13.6. The van der Waals surface area contributed by atoms with Crippen LogP contribution in [0.3, 0.4) is 0 Å². The molecule has 0 saturated heterocycles. The van der Waals surface area contributed by atoms with Gasteiger partial charge in [0.1, 0.15) is 5.65 Å². The molecule has 2 heterocycles. The van der Waals surface area contributed by atoms with E-state index in [0.717, 1.165) is 49.9 Å². The first-order chi connectivity index (χ1) is 18.7. The second-order valence-corrected chi connectivity index (χ2v) is 11.4. The summed E-state index contributed by atoms with van der Waals surface area (Å²) in [5.74, 6) is 0.526. The van der Waals surface area contributed by atoms with Gasteiger partial charge >= 0.3 is 0 Å². The molecule has 0 bridgehead atoms. The molecular weight excluding hydrogens is 466 g/mol. The van der Waals surface area contributed by atoms with E-state index >= 15 is 0 Å². The topological polar surface area (TPSA) is 46.9 Å². The highest BCUT2D eigenvalue weighted by Gasteiger charge is 2.32. The summed E-state index contributed by atoms with van der Waals surface area (Å²) in [7, 11) is 0. The van der Waals surface area contributed by atoms with Crippen LogP contribution in [0.4, 0.5) is 0 Å². The Balaban J connectivity index is 1.24. The zero-order valence-electron chi connectivity index (χ0n) is 22.6. The molecule has 3 aliphatic rings. The zero-order valence-corrected chi connectivity index (χ0v) is 22.6. The van der Waals surface area contributed by atoms with Crippen LogP contribution in [-0.4, -0.2) is 22.0 Å². The summed E-state index contributed by atoms with van der Waals surface area (Å²) >= 11 is 0. The molecule has 1 unspecified atom stereocenters. The maximum Gasteiger partial charge on any atom is 0.228 e. The number of rotatable bonds is 7. The summed E-state index contributed by atoms with van der Waals surface area (Å²) in [5, 5.41) is 4.65. The van der Waals surface area contributed by atoms with Gasteiger partial charge in [-0.05, 0) is 91.7 Å². The number of fused-ring (bicyclic) bond motifs is 3. The third-order valence-electron chi connectivity index (χ3n) is 8.85. The van der Waals surface area contributed by atoms with Crippen LogP contribution in [0, 0.1) is 12.8 Å². The van der Waals surface area contributed by atoms with Crippen molar-refractivity contribution in [2.75, 3.05) is 6.54 Å². The number of nitrogens with zero attached hydrogens (tertiary/aromatic N) is 2. The molecule has 0 spiro atoms. The summed E-state index contributed by atoms with van der Waals surface area (Å²) < 4.78 is 2.45. The normalized spacial score (nSPS) is 18.3. The molecule has 1 fully saturated rings. The van der Waals surface area contributed by atoms with Crippen molar-refractivity contribution in [1.29, 1.82) is 0 Å². The van der Waals surface area contributed by atoms with E-state index < -0.39 is 0 Å². The molecule has 4 nitrogen and oxygen atoms in total. The second-order valence-electron chi connectivity index (χ2n) is 11.4. The van der Waals surface area contributed by atoms with Gasteiger partial charge in [0.15, 0.2) is 0 Å². The van der Waals surface area contributed by atoms with Gasteiger partial charge in [-0.2, -0.15) is 0 Å². The van der Waals surface area contributed by atoms with Crippen molar-refractivity contribution >= 4 is 16.9 Å². The molecule has 196 valence electrons. The maximum absolute atomic E-state index is 13.6. The molecule has 1 amide bonds. The lowest BCUT2D eigenvalue weighted by molar-refractivity contribution is -0.123. The van der Waals surface area contributed by atoms with E-state index in [1.165, 1.54) is 59.0 Å². The van der Waals surface area contributed by atoms with Crippen molar-refractivity contribution < 1.29 is 4.79 Å². The van der Waals surface area contributed by atoms with Crippen LogP contribution in [0.2, 0.25) is 0 Å². The zero-order chi connectivity index (χ0) is 25.9. The van der Waals surface area contributed by atoms with Crippen LogP contribution >= 0.6 is 0 Å². The smallest absolute Gasteiger partial charge is 0.228 e. The van der Waals surface area contributed by atoms with Crippen LogP contribution in [0.5, 0.6) is 0 Å². The third-order valence-corrected chi connectivity index (χ3v) is 8.85. The van der Waals surface area contributed by atoms with Gasteiger partial charge in [-0.1, -0.05) is 67.5 Å². The predicted molar refractivity (Wildman–Crippen MR) is 155 cm³/mol. The van der Waals surface area contributed by atoms with Crippen molar-refractivity contribution in [3.8, 4) is 0 Å². The fraction of sp³-hybridized carbons (Fsp3) is 0.412. The van der Waals surface area contributed by atoms with E-state index in [-0.39, 0.29) is 11.8 Å². The number of carbonyl (C=O) groups excluding carboxylic acids is 1. The van der Waals surface area contributed by atoms with Crippen molar-refractivity contribution in [3.05, 3.63) is 100 Å². The monoisotopic (exact) mass is 505 g/mol. The largest absolute Gasteiger partial charge is 0.352 e. The quantitative estimate of drug-likeness (QED) is 0.372. The lowest BCUT2D eigenvalue weighted by Crippen LogP contribution is -2.34.